The molecule has 0 saturated heterocycles. The lowest BCUT2D eigenvalue weighted by Gasteiger charge is -2.25. The molecule has 3 aromatic rings. The second-order valence-electron chi connectivity index (χ2n) is 8.83. The highest BCUT2D eigenvalue weighted by Crippen LogP contribution is 2.37. The van der Waals surface area contributed by atoms with Gasteiger partial charge >= 0.3 is 6.18 Å². The molecule has 1 aliphatic heterocycles. The molecule has 3 aromatic carbocycles. The fraction of sp³-hybridized carbons (Fsp3) is 0.250. The first-order chi connectivity index (χ1) is 18.5. The van der Waals surface area contributed by atoms with E-state index < -0.39 is 42.0 Å². The molecule has 1 atom stereocenters. The van der Waals surface area contributed by atoms with Crippen molar-refractivity contribution in [2.75, 3.05) is 27.8 Å². The zero-order valence-electron chi connectivity index (χ0n) is 21.3. The Morgan fingerprint density at radius 1 is 1.03 bits per heavy atom. The summed E-state index contributed by atoms with van der Waals surface area (Å²) < 4.78 is 64.1. The fourth-order valence-electron chi connectivity index (χ4n) is 4.30. The summed E-state index contributed by atoms with van der Waals surface area (Å²) in [5.41, 5.74) is 0.390. The van der Waals surface area contributed by atoms with Gasteiger partial charge in [-0.15, -0.1) is 0 Å². The van der Waals surface area contributed by atoms with Crippen molar-refractivity contribution < 1.29 is 36.6 Å². The van der Waals surface area contributed by atoms with Gasteiger partial charge in [0.25, 0.3) is 11.8 Å². The number of hydrogen-bond acceptors (Lipinski definition) is 5. The number of likely N-dealkylation sites (N-methyl/N-ethyl adjacent to an activating group) is 1. The molecule has 0 unspecified atom stereocenters. The number of amides is 2. The Hall–Kier alpha value is -4.41. The third-order valence-electron chi connectivity index (χ3n) is 6.33. The molecule has 0 saturated carbocycles. The van der Waals surface area contributed by atoms with Gasteiger partial charge in [0.2, 0.25) is 0 Å². The number of halogens is 4. The molecule has 0 aromatic heterocycles. The standard InChI is InChI=1S/C28H25F4N3O4/c1-34(27(37)17-8-10-18(11-9-17)28(30,31)32)16-26(36)35-24(20-6-4-5-7-22(20)29)15-23(33-35)21-13-12-19(38-2)14-25(21)39-3/h4-14,24H,15-16H2,1-3H3/t24-/m0/s1. The number of methoxy groups -OCH3 is 2. The van der Waals surface area contributed by atoms with Crippen LogP contribution in [-0.2, 0) is 11.0 Å². The number of hydrazone groups is 1. The lowest BCUT2D eigenvalue weighted by Crippen LogP contribution is -2.39. The monoisotopic (exact) mass is 543 g/mol. The average Bonchev–Trinajstić information content (AvgIpc) is 3.37. The molecule has 0 fully saturated rings. The molecule has 0 radical (unpaired) electrons. The topological polar surface area (TPSA) is 71.4 Å². The Labute approximate surface area is 222 Å². The van der Waals surface area contributed by atoms with Crippen molar-refractivity contribution in [2.24, 2.45) is 5.10 Å². The highest BCUT2D eigenvalue weighted by atomic mass is 19.4. The van der Waals surface area contributed by atoms with Crippen molar-refractivity contribution in [3.63, 3.8) is 0 Å². The van der Waals surface area contributed by atoms with Gasteiger partial charge in [-0.1, -0.05) is 18.2 Å². The van der Waals surface area contributed by atoms with E-state index >= 15 is 0 Å². The summed E-state index contributed by atoms with van der Waals surface area (Å²) in [5.74, 6) is -0.777. The smallest absolute Gasteiger partial charge is 0.416 e. The molecule has 4 rings (SSSR count). The van der Waals surface area contributed by atoms with Gasteiger partial charge in [-0.3, -0.25) is 9.59 Å². The number of alkyl halides is 3. The summed E-state index contributed by atoms with van der Waals surface area (Å²) in [6.45, 7) is -0.443. The molecular weight excluding hydrogens is 518 g/mol. The van der Waals surface area contributed by atoms with Gasteiger partial charge in [-0.05, 0) is 42.5 Å². The molecule has 0 spiro atoms. The van der Waals surface area contributed by atoms with Gasteiger partial charge in [0.05, 0.1) is 31.5 Å². The van der Waals surface area contributed by atoms with E-state index in [0.29, 0.717) is 22.8 Å². The fourth-order valence-corrected chi connectivity index (χ4v) is 4.30. The number of nitrogens with zero attached hydrogens (tertiary/aromatic N) is 3. The minimum atomic E-state index is -4.54. The maximum Gasteiger partial charge on any atom is 0.416 e. The van der Waals surface area contributed by atoms with Crippen LogP contribution in [0.4, 0.5) is 17.6 Å². The number of hydrogen-bond donors (Lipinski definition) is 0. The van der Waals surface area contributed by atoms with Crippen LogP contribution in [0.5, 0.6) is 11.5 Å². The lowest BCUT2D eigenvalue weighted by molar-refractivity contribution is -0.137. The molecule has 1 aliphatic rings. The van der Waals surface area contributed by atoms with E-state index in [4.69, 9.17) is 9.47 Å². The Balaban J connectivity index is 1.61. The van der Waals surface area contributed by atoms with Crippen LogP contribution in [0.15, 0.2) is 71.8 Å². The van der Waals surface area contributed by atoms with Gasteiger partial charge < -0.3 is 14.4 Å². The predicted octanol–water partition coefficient (Wildman–Crippen LogP) is 5.31. The minimum absolute atomic E-state index is 0.0162. The lowest BCUT2D eigenvalue weighted by atomic mass is 9.97. The van der Waals surface area contributed by atoms with Crippen LogP contribution in [0.2, 0.25) is 0 Å². The summed E-state index contributed by atoms with van der Waals surface area (Å²) in [5, 5.41) is 5.63. The molecule has 1 heterocycles. The molecule has 2 amide bonds. The van der Waals surface area contributed by atoms with Crippen LogP contribution in [0.1, 0.15) is 39.5 Å². The highest BCUT2D eigenvalue weighted by Gasteiger charge is 2.36. The van der Waals surface area contributed by atoms with E-state index in [-0.39, 0.29) is 17.5 Å². The van der Waals surface area contributed by atoms with Gasteiger partial charge in [0, 0.05) is 36.2 Å². The van der Waals surface area contributed by atoms with Crippen molar-refractivity contribution in [3.8, 4) is 11.5 Å². The van der Waals surface area contributed by atoms with Crippen molar-refractivity contribution in [1.29, 1.82) is 0 Å². The second kappa shape index (κ2) is 11.1. The molecule has 0 bridgehead atoms. The second-order valence-corrected chi connectivity index (χ2v) is 8.83. The van der Waals surface area contributed by atoms with Crippen LogP contribution >= 0.6 is 0 Å². The number of benzene rings is 3. The van der Waals surface area contributed by atoms with Crippen LogP contribution in [-0.4, -0.2) is 55.2 Å². The van der Waals surface area contributed by atoms with E-state index in [1.165, 1.54) is 33.4 Å². The summed E-state index contributed by atoms with van der Waals surface area (Å²) in [4.78, 5) is 27.3. The quantitative estimate of drug-likeness (QED) is 0.379. The van der Waals surface area contributed by atoms with Crippen molar-refractivity contribution in [3.05, 3.63) is 94.8 Å². The van der Waals surface area contributed by atoms with Gasteiger partial charge in [-0.2, -0.15) is 18.3 Å². The SMILES string of the molecule is COc1ccc(C2=NN(C(=O)CN(C)C(=O)c3ccc(C(F)(F)F)cc3)[C@H](c3ccccc3F)C2)c(OC)c1. The van der Waals surface area contributed by atoms with Gasteiger partial charge in [-0.25, -0.2) is 9.40 Å². The Morgan fingerprint density at radius 2 is 1.72 bits per heavy atom. The first kappa shape index (κ1) is 27.6. The van der Waals surface area contributed by atoms with E-state index in [1.807, 2.05) is 0 Å². The van der Waals surface area contributed by atoms with E-state index in [1.54, 1.807) is 30.3 Å². The number of ether oxygens (including phenoxy) is 2. The first-order valence-corrected chi connectivity index (χ1v) is 11.8. The largest absolute Gasteiger partial charge is 0.497 e. The zero-order chi connectivity index (χ0) is 28.3. The molecule has 0 aliphatic carbocycles. The summed E-state index contributed by atoms with van der Waals surface area (Å²) in [6.07, 6.45) is -4.37. The van der Waals surface area contributed by atoms with Crippen LogP contribution in [0.25, 0.3) is 0 Å². The molecule has 39 heavy (non-hydrogen) atoms. The molecule has 7 nitrogen and oxygen atoms in total. The van der Waals surface area contributed by atoms with Crippen LogP contribution < -0.4 is 9.47 Å². The Morgan fingerprint density at radius 3 is 2.33 bits per heavy atom. The molecule has 11 heteroatoms. The zero-order valence-corrected chi connectivity index (χ0v) is 21.3. The van der Waals surface area contributed by atoms with E-state index in [2.05, 4.69) is 5.10 Å². The summed E-state index contributed by atoms with van der Waals surface area (Å²) in [6, 6.07) is 14.0. The highest BCUT2D eigenvalue weighted by molar-refractivity contribution is 6.05. The van der Waals surface area contributed by atoms with Crippen molar-refractivity contribution >= 4 is 17.5 Å². The predicted molar refractivity (Wildman–Crippen MR) is 135 cm³/mol. The number of rotatable bonds is 7. The normalized spacial score (nSPS) is 15.1. The van der Waals surface area contributed by atoms with Gasteiger partial charge in [0.15, 0.2) is 0 Å². The summed E-state index contributed by atoms with van der Waals surface area (Å²) >= 11 is 0. The third kappa shape index (κ3) is 5.87. The van der Waals surface area contributed by atoms with E-state index in [0.717, 1.165) is 34.2 Å². The maximum atomic E-state index is 14.8. The molecular formula is C28H25F4N3O4. The summed E-state index contributed by atoms with van der Waals surface area (Å²) in [7, 11) is 4.34. The minimum Gasteiger partial charge on any atom is -0.497 e. The van der Waals surface area contributed by atoms with E-state index in [9.17, 15) is 27.2 Å². The van der Waals surface area contributed by atoms with Crippen LogP contribution in [0.3, 0.4) is 0 Å². The first-order valence-electron chi connectivity index (χ1n) is 11.8. The van der Waals surface area contributed by atoms with Crippen molar-refractivity contribution in [1.82, 2.24) is 9.91 Å². The van der Waals surface area contributed by atoms with Crippen LogP contribution in [0, 0.1) is 5.82 Å². The number of carbonyl (C=O) groups is 2. The van der Waals surface area contributed by atoms with Gasteiger partial charge in [0.1, 0.15) is 23.9 Å². The molecule has 204 valence electrons. The molecule has 0 N–H and O–H groups in total. The number of carbonyl (C=O) groups excluding carboxylic acids is 2. The maximum absolute atomic E-state index is 14.8. The Bertz CT molecular complexity index is 1410. The average molecular weight is 544 g/mol. The third-order valence-corrected chi connectivity index (χ3v) is 6.33. The van der Waals surface area contributed by atoms with Crippen molar-refractivity contribution in [2.45, 2.75) is 18.6 Å². The Kier molecular flexibility index (Phi) is 7.89.